The van der Waals surface area contributed by atoms with Gasteiger partial charge in [-0.1, -0.05) is 48.9 Å². The molecule has 0 saturated carbocycles. The molecule has 2 amide bonds. The third-order valence-corrected chi connectivity index (χ3v) is 7.91. The van der Waals surface area contributed by atoms with E-state index in [2.05, 4.69) is 23.2 Å². The van der Waals surface area contributed by atoms with Crippen LogP contribution in [0.3, 0.4) is 0 Å². The number of fused-ring (bicyclic) bond motifs is 4. The third-order valence-electron chi connectivity index (χ3n) is 6.31. The smallest absolute Gasteiger partial charge is 0.261 e. The molecule has 6 rings (SSSR count). The van der Waals surface area contributed by atoms with Crippen LogP contribution in [0.1, 0.15) is 55.3 Å². The molecule has 0 radical (unpaired) electrons. The van der Waals surface area contributed by atoms with Gasteiger partial charge in [-0.05, 0) is 30.7 Å². The summed E-state index contributed by atoms with van der Waals surface area (Å²) >= 11 is 8.22. The molecule has 2 aliphatic heterocycles. The number of benzene rings is 2. The molecule has 2 aromatic heterocycles. The van der Waals surface area contributed by atoms with Crippen LogP contribution in [-0.4, -0.2) is 43.7 Å². The Hall–Kier alpha value is -3.62. The van der Waals surface area contributed by atoms with Gasteiger partial charge in [0.25, 0.3) is 11.8 Å². The van der Waals surface area contributed by atoms with Crippen LogP contribution in [0.5, 0.6) is 0 Å². The average molecular weight is 502 g/mol. The molecule has 2 aromatic carbocycles. The molecular formula is C26H20ClN5O2S. The van der Waals surface area contributed by atoms with Gasteiger partial charge in [-0.25, -0.2) is 0 Å². The van der Waals surface area contributed by atoms with Crippen molar-refractivity contribution in [3.8, 4) is 5.00 Å². The Kier molecular flexibility index (Phi) is 5.35. The summed E-state index contributed by atoms with van der Waals surface area (Å²) in [5.74, 6) is 0.874. The van der Waals surface area contributed by atoms with Crippen molar-refractivity contribution in [2.24, 2.45) is 4.99 Å². The third kappa shape index (κ3) is 3.52. The van der Waals surface area contributed by atoms with Crippen molar-refractivity contribution < 1.29 is 9.59 Å². The molecule has 35 heavy (non-hydrogen) atoms. The van der Waals surface area contributed by atoms with Crippen molar-refractivity contribution in [2.75, 3.05) is 6.54 Å². The SMILES string of the molecule is CCc1cc2c(s1)-n1c(CCN3C(=O)c4ccccc4C3=O)nnc1CN=C2c1ccccc1Cl. The average Bonchev–Trinajstić information content (AvgIpc) is 3.52. The quantitative estimate of drug-likeness (QED) is 0.370. The van der Waals surface area contributed by atoms with Crippen molar-refractivity contribution >= 4 is 40.5 Å². The van der Waals surface area contributed by atoms with Crippen LogP contribution >= 0.6 is 22.9 Å². The summed E-state index contributed by atoms with van der Waals surface area (Å²) in [5, 5.41) is 10.5. The highest BCUT2D eigenvalue weighted by molar-refractivity contribution is 7.15. The minimum Gasteiger partial charge on any atom is -0.276 e. The summed E-state index contributed by atoms with van der Waals surface area (Å²) in [7, 11) is 0. The Morgan fingerprint density at radius 3 is 2.31 bits per heavy atom. The molecule has 2 aliphatic rings. The Balaban J connectivity index is 1.36. The monoisotopic (exact) mass is 501 g/mol. The fraction of sp³-hybridized carbons (Fsp3) is 0.192. The van der Waals surface area contributed by atoms with Crippen molar-refractivity contribution in [1.82, 2.24) is 19.7 Å². The lowest BCUT2D eigenvalue weighted by Crippen LogP contribution is -2.32. The van der Waals surface area contributed by atoms with Gasteiger partial charge in [0.1, 0.15) is 17.4 Å². The predicted octanol–water partition coefficient (Wildman–Crippen LogP) is 4.73. The van der Waals surface area contributed by atoms with Gasteiger partial charge in [-0.15, -0.1) is 21.5 Å². The number of aromatic nitrogens is 3. The Labute approximate surface area is 210 Å². The maximum Gasteiger partial charge on any atom is 0.261 e. The van der Waals surface area contributed by atoms with Crippen LogP contribution in [-0.2, 0) is 19.4 Å². The molecule has 7 nitrogen and oxygen atoms in total. The second-order valence-corrected chi connectivity index (χ2v) is 9.88. The Morgan fingerprint density at radius 1 is 0.943 bits per heavy atom. The van der Waals surface area contributed by atoms with Gasteiger partial charge in [0.05, 0.1) is 16.8 Å². The second-order valence-electron chi connectivity index (χ2n) is 8.36. The van der Waals surface area contributed by atoms with E-state index in [0.29, 0.717) is 34.9 Å². The summed E-state index contributed by atoms with van der Waals surface area (Å²) in [5.41, 5.74) is 3.59. The number of thiophene rings is 1. The first-order valence-electron chi connectivity index (χ1n) is 11.4. The summed E-state index contributed by atoms with van der Waals surface area (Å²) in [6, 6.07) is 16.8. The molecule has 0 aliphatic carbocycles. The van der Waals surface area contributed by atoms with Crippen molar-refractivity contribution in [1.29, 1.82) is 0 Å². The molecule has 0 unspecified atom stereocenters. The molecule has 0 saturated heterocycles. The summed E-state index contributed by atoms with van der Waals surface area (Å²) in [6.07, 6.45) is 1.27. The molecule has 4 aromatic rings. The van der Waals surface area contributed by atoms with Gasteiger partial charge < -0.3 is 0 Å². The number of amides is 2. The highest BCUT2D eigenvalue weighted by Gasteiger charge is 2.35. The van der Waals surface area contributed by atoms with Crippen LogP contribution in [0.25, 0.3) is 5.00 Å². The van der Waals surface area contributed by atoms with Crippen LogP contribution in [0.2, 0.25) is 5.02 Å². The van der Waals surface area contributed by atoms with E-state index in [4.69, 9.17) is 16.6 Å². The van der Waals surface area contributed by atoms with Gasteiger partial charge >= 0.3 is 0 Å². The number of nitrogens with zero attached hydrogens (tertiary/aromatic N) is 5. The number of aliphatic imine (C=N–C) groups is 1. The Morgan fingerprint density at radius 2 is 1.63 bits per heavy atom. The van der Waals surface area contributed by atoms with E-state index < -0.39 is 0 Å². The van der Waals surface area contributed by atoms with E-state index in [1.54, 1.807) is 35.6 Å². The standard InChI is InChI=1S/C26H20ClN5O2S/c1-2-15-13-19-23(18-9-5-6-10-20(18)27)28-14-22-30-29-21(32(22)26(19)35-15)11-12-31-24(33)16-7-3-4-8-17(16)25(31)34/h3-10,13H,2,11-12,14H2,1H3. The predicted molar refractivity (Wildman–Crippen MR) is 135 cm³/mol. The number of carbonyl (C=O) groups excluding carboxylic acids is 2. The molecule has 0 N–H and O–H groups in total. The first-order valence-corrected chi connectivity index (χ1v) is 12.6. The van der Waals surface area contributed by atoms with Gasteiger partial charge in [-0.3, -0.25) is 24.0 Å². The van der Waals surface area contributed by atoms with E-state index in [9.17, 15) is 9.59 Å². The second kappa shape index (κ2) is 8.55. The number of aryl methyl sites for hydroxylation is 1. The number of hydrogen-bond acceptors (Lipinski definition) is 6. The molecule has 174 valence electrons. The fourth-order valence-corrected chi connectivity index (χ4v) is 5.93. The first-order chi connectivity index (χ1) is 17.1. The van der Waals surface area contributed by atoms with Gasteiger partial charge in [-0.2, -0.15) is 0 Å². The lowest BCUT2D eigenvalue weighted by atomic mass is 10.0. The van der Waals surface area contributed by atoms with Crippen LogP contribution in [0, 0.1) is 0 Å². The summed E-state index contributed by atoms with van der Waals surface area (Å²) in [6.45, 7) is 2.70. The molecule has 0 atom stereocenters. The molecule has 0 spiro atoms. The number of imide groups is 1. The first kappa shape index (κ1) is 21.9. The topological polar surface area (TPSA) is 80.5 Å². The zero-order valence-electron chi connectivity index (χ0n) is 18.9. The lowest BCUT2D eigenvalue weighted by Gasteiger charge is -2.14. The minimum absolute atomic E-state index is 0.226. The van der Waals surface area contributed by atoms with Gasteiger partial charge in [0, 0.05) is 34.0 Å². The van der Waals surface area contributed by atoms with E-state index >= 15 is 0 Å². The van der Waals surface area contributed by atoms with E-state index in [0.717, 1.165) is 34.1 Å². The summed E-state index contributed by atoms with van der Waals surface area (Å²) in [4.78, 5) is 33.0. The van der Waals surface area contributed by atoms with Crippen molar-refractivity contribution in [3.63, 3.8) is 0 Å². The summed E-state index contributed by atoms with van der Waals surface area (Å²) < 4.78 is 2.03. The van der Waals surface area contributed by atoms with Crippen molar-refractivity contribution in [3.05, 3.63) is 98.4 Å². The minimum atomic E-state index is -0.268. The maximum absolute atomic E-state index is 12.8. The number of halogens is 1. The zero-order chi connectivity index (χ0) is 24.1. The van der Waals surface area contributed by atoms with Crippen LogP contribution in [0.4, 0.5) is 0 Å². The van der Waals surface area contributed by atoms with E-state index in [-0.39, 0.29) is 18.4 Å². The number of hydrogen-bond donors (Lipinski definition) is 0. The molecular weight excluding hydrogens is 482 g/mol. The van der Waals surface area contributed by atoms with Gasteiger partial charge in [0.2, 0.25) is 0 Å². The maximum atomic E-state index is 12.8. The largest absolute Gasteiger partial charge is 0.276 e. The fourth-order valence-electron chi connectivity index (χ4n) is 4.57. The highest BCUT2D eigenvalue weighted by atomic mass is 35.5. The molecule has 0 fully saturated rings. The van der Waals surface area contributed by atoms with E-state index in [1.807, 2.05) is 28.8 Å². The molecule has 9 heteroatoms. The lowest BCUT2D eigenvalue weighted by molar-refractivity contribution is 0.0655. The van der Waals surface area contributed by atoms with Crippen molar-refractivity contribution in [2.45, 2.75) is 26.3 Å². The van der Waals surface area contributed by atoms with E-state index in [1.165, 1.54) is 9.78 Å². The highest BCUT2D eigenvalue weighted by Crippen LogP contribution is 2.35. The number of rotatable bonds is 5. The molecule has 0 bridgehead atoms. The number of carbonyl (C=O) groups is 2. The molecule has 4 heterocycles. The normalized spacial score (nSPS) is 14.5. The van der Waals surface area contributed by atoms with Crippen LogP contribution < -0.4 is 0 Å². The Bertz CT molecular complexity index is 1500. The zero-order valence-corrected chi connectivity index (χ0v) is 20.4. The van der Waals surface area contributed by atoms with Crippen LogP contribution in [0.15, 0.2) is 59.6 Å². The van der Waals surface area contributed by atoms with Gasteiger partial charge in [0.15, 0.2) is 5.82 Å².